The van der Waals surface area contributed by atoms with Crippen LogP contribution in [0.4, 0.5) is 0 Å². The Morgan fingerprint density at radius 2 is 1.71 bits per heavy atom. The van der Waals surface area contributed by atoms with Crippen molar-refractivity contribution in [1.29, 1.82) is 0 Å². The summed E-state index contributed by atoms with van der Waals surface area (Å²) in [5.41, 5.74) is 2.03. The molecular formula is C10H11I2O2-. The van der Waals surface area contributed by atoms with E-state index in [9.17, 15) is 9.59 Å². The molecule has 0 spiro atoms. The summed E-state index contributed by atoms with van der Waals surface area (Å²) in [6.45, 7) is 3.52. The molecule has 1 rings (SSSR count). The van der Waals surface area contributed by atoms with Gasteiger partial charge in [-0.15, -0.1) is 0 Å². The van der Waals surface area contributed by atoms with Crippen molar-refractivity contribution in [2.24, 2.45) is 0 Å². The van der Waals surface area contributed by atoms with Crippen LogP contribution in [0.25, 0.3) is 0 Å². The van der Waals surface area contributed by atoms with Crippen LogP contribution < -0.4 is 21.2 Å². The molecule has 4 heteroatoms. The fraction of sp³-hybridized carbons (Fsp3) is 0.400. The first kappa shape index (κ1) is 12.4. The van der Waals surface area contributed by atoms with Crippen molar-refractivity contribution in [3.8, 4) is 0 Å². The Bertz CT molecular complexity index is 332. The summed E-state index contributed by atoms with van der Waals surface area (Å²) in [5.74, 6) is 0.178. The molecule has 0 bridgehead atoms. The van der Waals surface area contributed by atoms with Crippen LogP contribution in [0.1, 0.15) is 13.8 Å². The van der Waals surface area contributed by atoms with Gasteiger partial charge in [0.2, 0.25) is 0 Å². The number of halogens is 2. The number of carbonyl (C=O) groups is 2. The molecule has 0 radical (unpaired) electrons. The number of carbonyl (C=O) groups excluding carboxylic acids is 2. The minimum absolute atomic E-state index is 0.0628. The monoisotopic (exact) mass is 417 g/mol. The van der Waals surface area contributed by atoms with Crippen molar-refractivity contribution < 1.29 is 30.8 Å². The summed E-state index contributed by atoms with van der Waals surface area (Å²) < 4.78 is 1.43. The van der Waals surface area contributed by atoms with E-state index in [1.54, 1.807) is 13.8 Å². The van der Waals surface area contributed by atoms with Gasteiger partial charge >= 0.3 is 108 Å². The average molecular weight is 417 g/mol. The first-order valence-electron chi connectivity index (χ1n) is 4.10. The van der Waals surface area contributed by atoms with Crippen LogP contribution in [0.15, 0.2) is 20.3 Å². The van der Waals surface area contributed by atoms with Crippen molar-refractivity contribution in [1.82, 2.24) is 0 Å². The molecule has 0 fully saturated rings. The molecule has 0 unspecified atom stereocenters. The predicted octanol–water partition coefficient (Wildman–Crippen LogP) is -1.12. The molecule has 0 saturated heterocycles. The van der Waals surface area contributed by atoms with Gasteiger partial charge in [0.25, 0.3) is 0 Å². The van der Waals surface area contributed by atoms with E-state index in [-0.39, 0.29) is 32.8 Å². The van der Waals surface area contributed by atoms with Gasteiger partial charge in [0.15, 0.2) is 0 Å². The van der Waals surface area contributed by atoms with Gasteiger partial charge in [-0.2, -0.15) is 0 Å². The molecule has 0 N–H and O–H groups in total. The number of hydrogen-bond donors (Lipinski definition) is 0. The Labute approximate surface area is 108 Å². The molecule has 1 aliphatic rings. The molecule has 1 aliphatic carbocycles. The van der Waals surface area contributed by atoms with Crippen LogP contribution in [-0.4, -0.2) is 20.9 Å². The summed E-state index contributed by atoms with van der Waals surface area (Å²) in [7, 11) is 0. The Kier molecular flexibility index (Phi) is 4.30. The molecule has 0 aromatic carbocycles. The van der Waals surface area contributed by atoms with E-state index in [4.69, 9.17) is 0 Å². The van der Waals surface area contributed by atoms with Gasteiger partial charge in [0, 0.05) is 0 Å². The second-order valence-corrected chi connectivity index (χ2v) is 5.94. The standard InChI is InChI=1S/C10H11I2O2/c1-5-7(4-11)10(14)8(12-3)6(2)9(5)13/h4H2,1-3H3/q-1. The van der Waals surface area contributed by atoms with Crippen LogP contribution in [-0.2, 0) is 9.59 Å². The zero-order chi connectivity index (χ0) is 10.9. The Hall–Kier alpha value is 0.280. The van der Waals surface area contributed by atoms with Crippen LogP contribution in [0, 0.1) is 0 Å². The maximum atomic E-state index is 11.9. The van der Waals surface area contributed by atoms with Crippen molar-refractivity contribution in [2.75, 3.05) is 9.36 Å². The minimum atomic E-state index is -0.302. The second kappa shape index (κ2) is 4.87. The SMILES string of the molecule is C[I-]C1=C(C)C(=O)C(C)=C(CI)C1=O. The van der Waals surface area contributed by atoms with Gasteiger partial charge in [-0.05, 0) is 0 Å². The molecule has 0 atom stereocenters. The molecule has 0 aliphatic heterocycles. The number of hydrogen-bond acceptors (Lipinski definition) is 2. The maximum absolute atomic E-state index is 11.9. The third kappa shape index (κ3) is 1.95. The van der Waals surface area contributed by atoms with E-state index >= 15 is 0 Å². The summed E-state index contributed by atoms with van der Waals surface area (Å²) in [4.78, 5) is 25.7. The van der Waals surface area contributed by atoms with Gasteiger partial charge in [-0.3, -0.25) is 0 Å². The predicted molar refractivity (Wildman–Crippen MR) is 60.2 cm³/mol. The summed E-state index contributed by atoms with van der Waals surface area (Å²) in [6.07, 6.45) is 0. The third-order valence-corrected chi connectivity index (χ3v) is 5.40. The van der Waals surface area contributed by atoms with E-state index in [0.29, 0.717) is 21.1 Å². The molecule has 0 amide bonds. The number of Topliss-reactive ketones (excluding diaryl/α,β-unsaturated/α-hetero) is 2. The first-order chi connectivity index (χ1) is 6.54. The van der Waals surface area contributed by atoms with Gasteiger partial charge in [-0.1, -0.05) is 0 Å². The number of rotatable bonds is 2. The van der Waals surface area contributed by atoms with E-state index in [0.717, 1.165) is 3.58 Å². The van der Waals surface area contributed by atoms with Crippen LogP contribution in [0.5, 0.6) is 0 Å². The third-order valence-electron chi connectivity index (χ3n) is 2.26. The fourth-order valence-corrected chi connectivity index (χ4v) is 4.17. The van der Waals surface area contributed by atoms with Crippen molar-refractivity contribution in [3.05, 3.63) is 20.3 Å². The molecule has 0 saturated carbocycles. The van der Waals surface area contributed by atoms with Crippen LogP contribution in [0.3, 0.4) is 0 Å². The van der Waals surface area contributed by atoms with Crippen LogP contribution >= 0.6 is 22.6 Å². The Morgan fingerprint density at radius 1 is 1.14 bits per heavy atom. The van der Waals surface area contributed by atoms with Crippen LogP contribution in [0.2, 0.25) is 0 Å². The summed E-state index contributed by atoms with van der Waals surface area (Å²) in [6, 6.07) is 0. The van der Waals surface area contributed by atoms with Crippen molar-refractivity contribution in [2.45, 2.75) is 13.8 Å². The van der Waals surface area contributed by atoms with E-state index in [2.05, 4.69) is 22.6 Å². The van der Waals surface area contributed by atoms with Gasteiger partial charge < -0.3 is 0 Å². The normalized spacial score (nSPS) is 18.6. The van der Waals surface area contributed by atoms with Gasteiger partial charge in [-0.25, -0.2) is 0 Å². The van der Waals surface area contributed by atoms with E-state index < -0.39 is 0 Å². The van der Waals surface area contributed by atoms with Crippen molar-refractivity contribution in [3.63, 3.8) is 0 Å². The van der Waals surface area contributed by atoms with Gasteiger partial charge in [0.05, 0.1) is 0 Å². The zero-order valence-corrected chi connectivity index (χ0v) is 12.6. The number of alkyl halides is 2. The van der Waals surface area contributed by atoms with Gasteiger partial charge in [0.1, 0.15) is 0 Å². The first-order valence-corrected chi connectivity index (χ1v) is 8.86. The quantitative estimate of drug-likeness (QED) is 0.325. The summed E-state index contributed by atoms with van der Waals surface area (Å²) in [5, 5.41) is 0. The second-order valence-electron chi connectivity index (χ2n) is 3.02. The van der Waals surface area contributed by atoms with E-state index in [1.165, 1.54) is 0 Å². The molecule has 0 aromatic heterocycles. The van der Waals surface area contributed by atoms with E-state index in [1.807, 2.05) is 4.93 Å². The molecule has 2 nitrogen and oxygen atoms in total. The average Bonchev–Trinajstić information content (AvgIpc) is 2.16. The molecule has 78 valence electrons. The fourth-order valence-electron chi connectivity index (χ4n) is 1.38. The topological polar surface area (TPSA) is 34.1 Å². The molecule has 0 aromatic rings. The number of allylic oxidation sites excluding steroid dienone is 4. The zero-order valence-electron chi connectivity index (χ0n) is 8.28. The Balaban J connectivity index is 3.29. The van der Waals surface area contributed by atoms with Crippen molar-refractivity contribution >= 4 is 34.2 Å². The summed E-state index contributed by atoms with van der Waals surface area (Å²) >= 11 is 1.84. The number of ketones is 2. The molecule has 14 heavy (non-hydrogen) atoms. The molecular weight excluding hydrogens is 406 g/mol. The Morgan fingerprint density at radius 3 is 2.14 bits per heavy atom. The molecule has 0 heterocycles.